The van der Waals surface area contributed by atoms with E-state index in [1.165, 1.54) is 11.8 Å². The van der Waals surface area contributed by atoms with E-state index in [2.05, 4.69) is 15.5 Å². The number of benzene rings is 2. The highest BCUT2D eigenvalue weighted by Gasteiger charge is 2.12. The highest BCUT2D eigenvalue weighted by molar-refractivity contribution is 7.98. The summed E-state index contributed by atoms with van der Waals surface area (Å²) >= 11 is 1.49. The zero-order chi connectivity index (χ0) is 19.1. The Bertz CT molecular complexity index is 911. The molecule has 0 atom stereocenters. The number of ether oxygens (including phenoxy) is 1. The van der Waals surface area contributed by atoms with E-state index in [0.717, 1.165) is 16.2 Å². The van der Waals surface area contributed by atoms with E-state index in [9.17, 15) is 4.79 Å². The first-order chi connectivity index (χ1) is 13.1. The smallest absolute Gasteiger partial charge is 0.252 e. The van der Waals surface area contributed by atoms with Gasteiger partial charge in [0, 0.05) is 4.90 Å². The largest absolute Gasteiger partial charge is 0.492 e. The van der Waals surface area contributed by atoms with Crippen LogP contribution in [0.5, 0.6) is 5.75 Å². The van der Waals surface area contributed by atoms with Crippen LogP contribution in [0.4, 0.5) is 0 Å². The van der Waals surface area contributed by atoms with Crippen molar-refractivity contribution in [1.82, 2.24) is 15.5 Å². The summed E-state index contributed by atoms with van der Waals surface area (Å²) < 4.78 is 10.8. The Morgan fingerprint density at radius 2 is 2.04 bits per heavy atom. The van der Waals surface area contributed by atoms with Crippen molar-refractivity contribution in [2.45, 2.75) is 24.5 Å². The Morgan fingerprint density at radius 1 is 1.19 bits per heavy atom. The minimum Gasteiger partial charge on any atom is -0.492 e. The average Bonchev–Trinajstić information content (AvgIpc) is 3.09. The third-order valence-electron chi connectivity index (χ3n) is 3.70. The quantitative estimate of drug-likeness (QED) is 0.471. The molecule has 2 aromatic carbocycles. The van der Waals surface area contributed by atoms with Gasteiger partial charge in [0.2, 0.25) is 5.89 Å². The minimum absolute atomic E-state index is 0.132. The first kappa shape index (κ1) is 19.0. The molecular weight excluding hydrogens is 362 g/mol. The predicted octanol–water partition coefficient (Wildman–Crippen LogP) is 3.79. The maximum atomic E-state index is 12.5. The van der Waals surface area contributed by atoms with Crippen LogP contribution in [0.25, 0.3) is 0 Å². The first-order valence-corrected chi connectivity index (χ1v) is 9.59. The van der Waals surface area contributed by atoms with Crippen molar-refractivity contribution in [3.05, 3.63) is 71.4 Å². The summed E-state index contributed by atoms with van der Waals surface area (Å²) in [7, 11) is 0. The minimum atomic E-state index is -0.132. The molecule has 0 unspecified atom stereocenters. The van der Waals surface area contributed by atoms with Crippen molar-refractivity contribution in [2.24, 2.45) is 0 Å². The van der Waals surface area contributed by atoms with Crippen molar-refractivity contribution in [1.29, 1.82) is 0 Å². The zero-order valence-corrected chi connectivity index (χ0v) is 16.1. The molecule has 3 rings (SSSR count). The summed E-state index contributed by atoms with van der Waals surface area (Å²) in [6.45, 7) is 4.62. The summed E-state index contributed by atoms with van der Waals surface area (Å²) in [5.74, 6) is 2.33. The lowest BCUT2D eigenvalue weighted by Crippen LogP contribution is -2.28. The molecule has 0 saturated carbocycles. The molecule has 0 aliphatic rings. The second-order valence-electron chi connectivity index (χ2n) is 5.94. The van der Waals surface area contributed by atoms with Gasteiger partial charge in [-0.25, -0.2) is 0 Å². The van der Waals surface area contributed by atoms with Gasteiger partial charge in [0.25, 0.3) is 5.91 Å². The molecule has 7 heteroatoms. The summed E-state index contributed by atoms with van der Waals surface area (Å²) in [6, 6.07) is 15.3. The van der Waals surface area contributed by atoms with Crippen molar-refractivity contribution < 1.29 is 14.1 Å². The van der Waals surface area contributed by atoms with Gasteiger partial charge in [0.15, 0.2) is 5.82 Å². The summed E-state index contributed by atoms with van der Waals surface area (Å²) in [4.78, 5) is 17.6. The van der Waals surface area contributed by atoms with Crippen molar-refractivity contribution >= 4 is 17.7 Å². The molecule has 0 saturated heterocycles. The number of hydrogen-bond acceptors (Lipinski definition) is 6. The van der Waals surface area contributed by atoms with Gasteiger partial charge in [-0.15, -0.1) is 11.8 Å². The highest BCUT2D eigenvalue weighted by Crippen LogP contribution is 2.25. The van der Waals surface area contributed by atoms with Crippen LogP contribution in [-0.4, -0.2) is 29.2 Å². The number of nitrogens with one attached hydrogen (secondary N) is 1. The maximum Gasteiger partial charge on any atom is 0.252 e. The summed E-state index contributed by atoms with van der Waals surface area (Å²) in [5.41, 5.74) is 1.76. The maximum absolute atomic E-state index is 12.5. The number of carbonyl (C=O) groups excluding carboxylic acids is 1. The standard InChI is InChI=1S/C20H21N3O3S/c1-14-6-5-7-16(12-14)25-11-10-21-20(24)17-8-3-4-9-18(17)27-13-19-22-15(2)23-26-19/h3-9,12H,10-11,13H2,1-2H3,(H,21,24). The van der Waals surface area contributed by atoms with Crippen LogP contribution < -0.4 is 10.1 Å². The number of carbonyl (C=O) groups is 1. The van der Waals surface area contributed by atoms with E-state index < -0.39 is 0 Å². The third-order valence-corrected chi connectivity index (χ3v) is 4.76. The van der Waals surface area contributed by atoms with Gasteiger partial charge in [-0.1, -0.05) is 29.4 Å². The first-order valence-electron chi connectivity index (χ1n) is 8.60. The molecule has 1 aromatic heterocycles. The Balaban J connectivity index is 1.51. The van der Waals surface area contributed by atoms with Crippen molar-refractivity contribution in [3.63, 3.8) is 0 Å². The molecule has 1 amide bonds. The number of nitrogens with zero attached hydrogens (tertiary/aromatic N) is 2. The van der Waals surface area contributed by atoms with Crippen LogP contribution in [0.1, 0.15) is 27.6 Å². The Morgan fingerprint density at radius 3 is 2.81 bits per heavy atom. The van der Waals surface area contributed by atoms with E-state index >= 15 is 0 Å². The molecule has 1 N–H and O–H groups in total. The van der Waals surface area contributed by atoms with Crippen LogP contribution in [0, 0.1) is 13.8 Å². The van der Waals surface area contributed by atoms with Gasteiger partial charge < -0.3 is 14.6 Å². The predicted molar refractivity (Wildman–Crippen MR) is 104 cm³/mol. The lowest BCUT2D eigenvalue weighted by Gasteiger charge is -2.10. The molecule has 0 spiro atoms. The normalized spacial score (nSPS) is 10.6. The van der Waals surface area contributed by atoms with Crippen LogP contribution in [0.15, 0.2) is 57.9 Å². The number of aryl methyl sites for hydroxylation is 2. The van der Waals surface area contributed by atoms with Crippen LogP contribution >= 0.6 is 11.8 Å². The molecule has 0 bridgehead atoms. The van der Waals surface area contributed by atoms with Gasteiger partial charge in [0.1, 0.15) is 12.4 Å². The Kier molecular flexibility index (Phi) is 6.49. The number of thioether (sulfide) groups is 1. The Hall–Kier alpha value is -2.80. The monoisotopic (exact) mass is 383 g/mol. The fourth-order valence-corrected chi connectivity index (χ4v) is 3.34. The third kappa shape index (κ3) is 5.59. The van der Waals surface area contributed by atoms with E-state index in [1.807, 2.05) is 49.4 Å². The number of hydrogen-bond donors (Lipinski definition) is 1. The summed E-state index contributed by atoms with van der Waals surface area (Å²) in [5, 5.41) is 6.67. The topological polar surface area (TPSA) is 77.2 Å². The van der Waals surface area contributed by atoms with Gasteiger partial charge in [-0.2, -0.15) is 4.98 Å². The molecule has 1 heterocycles. The SMILES string of the molecule is Cc1cccc(OCCNC(=O)c2ccccc2SCc2nc(C)no2)c1. The fraction of sp³-hybridized carbons (Fsp3) is 0.250. The van der Waals surface area contributed by atoms with Gasteiger partial charge in [-0.05, 0) is 43.7 Å². The molecular formula is C20H21N3O3S. The second kappa shape index (κ2) is 9.23. The van der Waals surface area contributed by atoms with Crippen LogP contribution in [-0.2, 0) is 5.75 Å². The molecule has 3 aromatic rings. The molecule has 140 valence electrons. The van der Waals surface area contributed by atoms with Crippen LogP contribution in [0.3, 0.4) is 0 Å². The van der Waals surface area contributed by atoms with Crippen molar-refractivity contribution in [2.75, 3.05) is 13.2 Å². The number of amides is 1. The lowest BCUT2D eigenvalue weighted by atomic mass is 10.2. The molecule has 6 nitrogen and oxygen atoms in total. The zero-order valence-electron chi connectivity index (χ0n) is 15.3. The number of aromatic nitrogens is 2. The lowest BCUT2D eigenvalue weighted by molar-refractivity contribution is 0.0944. The van der Waals surface area contributed by atoms with E-state index in [4.69, 9.17) is 9.26 Å². The molecule has 27 heavy (non-hydrogen) atoms. The summed E-state index contributed by atoms with van der Waals surface area (Å²) in [6.07, 6.45) is 0. The van der Waals surface area contributed by atoms with Gasteiger partial charge in [-0.3, -0.25) is 4.79 Å². The van der Waals surface area contributed by atoms with E-state index in [-0.39, 0.29) is 5.91 Å². The van der Waals surface area contributed by atoms with Crippen molar-refractivity contribution in [3.8, 4) is 5.75 Å². The highest BCUT2D eigenvalue weighted by atomic mass is 32.2. The average molecular weight is 383 g/mol. The fourth-order valence-electron chi connectivity index (χ4n) is 2.45. The molecule has 0 aliphatic heterocycles. The Labute approximate surface area is 162 Å². The van der Waals surface area contributed by atoms with Gasteiger partial charge in [0.05, 0.1) is 17.9 Å². The van der Waals surface area contributed by atoms with E-state index in [1.54, 1.807) is 13.0 Å². The van der Waals surface area contributed by atoms with Gasteiger partial charge >= 0.3 is 0 Å². The van der Waals surface area contributed by atoms with E-state index in [0.29, 0.717) is 36.2 Å². The molecule has 0 aliphatic carbocycles. The number of rotatable bonds is 8. The second-order valence-corrected chi connectivity index (χ2v) is 6.96. The molecule has 0 radical (unpaired) electrons. The molecule has 0 fully saturated rings. The van der Waals surface area contributed by atoms with Crippen LogP contribution in [0.2, 0.25) is 0 Å².